The molecule has 0 bridgehead atoms. The Hall–Kier alpha value is -1.84. The minimum Gasteiger partial charge on any atom is -0.444 e. The molecule has 0 fully saturated rings. The van der Waals surface area contributed by atoms with Crippen LogP contribution >= 0.6 is 0 Å². The lowest BCUT2D eigenvalue weighted by atomic mass is 10.1. The molecule has 1 amide bonds. The van der Waals surface area contributed by atoms with Crippen LogP contribution in [-0.2, 0) is 11.3 Å². The van der Waals surface area contributed by atoms with Crippen molar-refractivity contribution >= 4 is 12.3 Å². The highest BCUT2D eigenvalue weighted by molar-refractivity contribution is 5.77. The average molecular weight is 234 g/mol. The number of carbonyl (C=O) groups excluding carboxylic acids is 1. The molecule has 0 atom stereocenters. The van der Waals surface area contributed by atoms with Crippen LogP contribution in [0.1, 0.15) is 31.9 Å². The van der Waals surface area contributed by atoms with E-state index in [4.69, 9.17) is 10.1 Å². The maximum atomic E-state index is 11.4. The number of hydrogen-bond donors (Lipinski definition) is 2. The van der Waals surface area contributed by atoms with Gasteiger partial charge in [0.25, 0.3) is 0 Å². The lowest BCUT2D eigenvalue weighted by Crippen LogP contribution is -2.32. The molecule has 0 saturated carbocycles. The van der Waals surface area contributed by atoms with E-state index in [0.717, 1.165) is 11.1 Å². The molecule has 0 saturated heterocycles. The summed E-state index contributed by atoms with van der Waals surface area (Å²) in [6, 6.07) is 7.44. The quantitative estimate of drug-likeness (QED) is 0.790. The minimum absolute atomic E-state index is 0.399. The lowest BCUT2D eigenvalue weighted by molar-refractivity contribution is 0.0523. The third-order valence-electron chi connectivity index (χ3n) is 1.95. The summed E-state index contributed by atoms with van der Waals surface area (Å²) in [5.74, 6) is 0. The third-order valence-corrected chi connectivity index (χ3v) is 1.95. The first-order chi connectivity index (χ1) is 7.90. The largest absolute Gasteiger partial charge is 0.444 e. The molecule has 92 valence electrons. The molecule has 1 aromatic rings. The summed E-state index contributed by atoms with van der Waals surface area (Å²) in [7, 11) is 0. The van der Waals surface area contributed by atoms with Gasteiger partial charge in [-0.1, -0.05) is 18.2 Å². The van der Waals surface area contributed by atoms with Crippen LogP contribution < -0.4 is 5.32 Å². The molecule has 4 heteroatoms. The highest BCUT2D eigenvalue weighted by Gasteiger charge is 2.15. The van der Waals surface area contributed by atoms with E-state index in [1.54, 1.807) is 0 Å². The van der Waals surface area contributed by atoms with Crippen molar-refractivity contribution in [3.63, 3.8) is 0 Å². The van der Waals surface area contributed by atoms with E-state index in [1.165, 1.54) is 6.21 Å². The number of benzene rings is 1. The van der Waals surface area contributed by atoms with Crippen molar-refractivity contribution in [2.24, 2.45) is 0 Å². The lowest BCUT2D eigenvalue weighted by Gasteiger charge is -2.19. The standard InChI is InChI=1S/C13H18N2O2/c1-13(2,3)17-12(16)15-9-11-6-4-5-10(7-11)8-14/h4-8,14H,9H2,1-3H3,(H,15,16). The van der Waals surface area contributed by atoms with Gasteiger partial charge in [-0.25, -0.2) is 4.79 Å². The minimum atomic E-state index is -0.485. The first-order valence-corrected chi connectivity index (χ1v) is 5.47. The molecule has 0 heterocycles. The SMILES string of the molecule is CC(C)(C)OC(=O)NCc1cccc(C=N)c1. The summed E-state index contributed by atoms with van der Waals surface area (Å²) in [4.78, 5) is 11.4. The van der Waals surface area contributed by atoms with Gasteiger partial charge in [-0.15, -0.1) is 0 Å². The normalized spacial score (nSPS) is 10.8. The van der Waals surface area contributed by atoms with Gasteiger partial charge in [0.05, 0.1) is 0 Å². The molecule has 0 aliphatic heterocycles. The van der Waals surface area contributed by atoms with Crippen molar-refractivity contribution in [2.75, 3.05) is 0 Å². The van der Waals surface area contributed by atoms with Crippen molar-refractivity contribution in [3.05, 3.63) is 35.4 Å². The number of hydrogen-bond acceptors (Lipinski definition) is 3. The van der Waals surface area contributed by atoms with E-state index in [2.05, 4.69) is 5.32 Å². The maximum absolute atomic E-state index is 11.4. The first kappa shape index (κ1) is 13.2. The Kier molecular flexibility index (Phi) is 4.26. The van der Waals surface area contributed by atoms with Gasteiger partial charge in [0.15, 0.2) is 0 Å². The fourth-order valence-electron chi connectivity index (χ4n) is 1.28. The van der Waals surface area contributed by atoms with Crippen molar-refractivity contribution in [2.45, 2.75) is 32.9 Å². The fourth-order valence-corrected chi connectivity index (χ4v) is 1.28. The van der Waals surface area contributed by atoms with Crippen LogP contribution in [0.3, 0.4) is 0 Å². The number of nitrogens with one attached hydrogen (secondary N) is 2. The number of alkyl carbamates (subject to hydrolysis) is 1. The van der Waals surface area contributed by atoms with Crippen LogP contribution in [0.4, 0.5) is 4.79 Å². The summed E-state index contributed by atoms with van der Waals surface area (Å²) in [6.45, 7) is 5.86. The topological polar surface area (TPSA) is 62.2 Å². The third kappa shape index (κ3) is 5.15. The maximum Gasteiger partial charge on any atom is 0.407 e. The number of carbonyl (C=O) groups is 1. The van der Waals surface area contributed by atoms with E-state index in [1.807, 2.05) is 45.0 Å². The molecule has 2 N–H and O–H groups in total. The van der Waals surface area contributed by atoms with Crippen LogP contribution in [0.5, 0.6) is 0 Å². The molecule has 1 rings (SSSR count). The molecule has 0 aliphatic carbocycles. The zero-order valence-electron chi connectivity index (χ0n) is 10.4. The van der Waals surface area contributed by atoms with Crippen LogP contribution in [-0.4, -0.2) is 17.9 Å². The second-order valence-corrected chi connectivity index (χ2v) is 4.74. The van der Waals surface area contributed by atoms with E-state index >= 15 is 0 Å². The summed E-state index contributed by atoms with van der Waals surface area (Å²) in [5.41, 5.74) is 1.27. The van der Waals surface area contributed by atoms with Crippen molar-refractivity contribution < 1.29 is 9.53 Å². The van der Waals surface area contributed by atoms with Crippen LogP contribution in [0.2, 0.25) is 0 Å². The Morgan fingerprint density at radius 3 is 2.76 bits per heavy atom. The molecule has 0 spiro atoms. The zero-order valence-corrected chi connectivity index (χ0v) is 10.4. The highest BCUT2D eigenvalue weighted by Crippen LogP contribution is 2.07. The van der Waals surface area contributed by atoms with Crippen molar-refractivity contribution in [3.8, 4) is 0 Å². The van der Waals surface area contributed by atoms with E-state index < -0.39 is 11.7 Å². The Balaban J connectivity index is 2.50. The summed E-state index contributed by atoms with van der Waals surface area (Å²) >= 11 is 0. The molecule has 0 aliphatic rings. The van der Waals surface area contributed by atoms with E-state index in [0.29, 0.717) is 6.54 Å². The van der Waals surface area contributed by atoms with Gasteiger partial charge in [-0.3, -0.25) is 0 Å². The van der Waals surface area contributed by atoms with Crippen molar-refractivity contribution in [1.29, 1.82) is 5.41 Å². The number of rotatable bonds is 3. The van der Waals surface area contributed by atoms with Gasteiger partial charge in [0.1, 0.15) is 5.60 Å². The first-order valence-electron chi connectivity index (χ1n) is 5.47. The average Bonchev–Trinajstić information content (AvgIpc) is 2.24. The molecular weight excluding hydrogens is 216 g/mol. The summed E-state index contributed by atoms with van der Waals surface area (Å²) in [5, 5.41) is 9.81. The molecule has 0 radical (unpaired) electrons. The van der Waals surface area contributed by atoms with Crippen molar-refractivity contribution in [1.82, 2.24) is 5.32 Å². The van der Waals surface area contributed by atoms with Gasteiger partial charge in [-0.2, -0.15) is 0 Å². The predicted molar refractivity (Wildman–Crippen MR) is 67.4 cm³/mol. The van der Waals surface area contributed by atoms with Gasteiger partial charge in [-0.05, 0) is 38.0 Å². The highest BCUT2D eigenvalue weighted by atomic mass is 16.6. The Bertz CT molecular complexity index is 408. The predicted octanol–water partition coefficient (Wildman–Crippen LogP) is 2.71. The van der Waals surface area contributed by atoms with Gasteiger partial charge >= 0.3 is 6.09 Å². The van der Waals surface area contributed by atoms with Crippen LogP contribution in [0.25, 0.3) is 0 Å². The van der Waals surface area contributed by atoms with Crippen LogP contribution in [0.15, 0.2) is 24.3 Å². The number of ether oxygens (including phenoxy) is 1. The molecule has 4 nitrogen and oxygen atoms in total. The van der Waals surface area contributed by atoms with Gasteiger partial charge < -0.3 is 15.5 Å². The second kappa shape index (κ2) is 5.48. The monoisotopic (exact) mass is 234 g/mol. The smallest absolute Gasteiger partial charge is 0.407 e. The molecule has 1 aromatic carbocycles. The Labute approximate surface area is 101 Å². The van der Waals surface area contributed by atoms with Crippen LogP contribution in [0, 0.1) is 5.41 Å². The Morgan fingerprint density at radius 2 is 2.18 bits per heavy atom. The second-order valence-electron chi connectivity index (χ2n) is 4.74. The summed E-state index contributed by atoms with van der Waals surface area (Å²) < 4.78 is 5.12. The fraction of sp³-hybridized carbons (Fsp3) is 0.385. The molecule has 0 unspecified atom stereocenters. The Morgan fingerprint density at radius 1 is 1.47 bits per heavy atom. The molecule has 17 heavy (non-hydrogen) atoms. The molecule has 0 aromatic heterocycles. The summed E-state index contributed by atoms with van der Waals surface area (Å²) in [6.07, 6.45) is 0.842. The molecular formula is C13H18N2O2. The number of amides is 1. The van der Waals surface area contributed by atoms with E-state index in [9.17, 15) is 4.79 Å². The van der Waals surface area contributed by atoms with E-state index in [-0.39, 0.29) is 0 Å². The zero-order chi connectivity index (χ0) is 12.9. The van der Waals surface area contributed by atoms with Gasteiger partial charge in [0, 0.05) is 12.8 Å². The van der Waals surface area contributed by atoms with Gasteiger partial charge in [0.2, 0.25) is 0 Å².